The zero-order valence-corrected chi connectivity index (χ0v) is 13.0. The summed E-state index contributed by atoms with van der Waals surface area (Å²) in [4.78, 5) is 0.139. The minimum atomic E-state index is -3.85. The third-order valence-corrected chi connectivity index (χ3v) is 4.75. The van der Waals surface area contributed by atoms with Gasteiger partial charge in [0.25, 0.3) is 0 Å². The second kappa shape index (κ2) is 5.46. The van der Waals surface area contributed by atoms with E-state index in [1.165, 1.54) is 6.07 Å². The van der Waals surface area contributed by atoms with Crippen molar-refractivity contribution in [3.63, 3.8) is 0 Å². The van der Waals surface area contributed by atoms with Gasteiger partial charge in [-0.15, -0.1) is 0 Å². The molecule has 0 spiro atoms. The molecule has 0 atom stereocenters. The molecule has 0 radical (unpaired) electrons. The summed E-state index contributed by atoms with van der Waals surface area (Å²) in [5.41, 5.74) is 2.30. The monoisotopic (exact) mass is 310 g/mol. The van der Waals surface area contributed by atoms with E-state index < -0.39 is 10.1 Å². The summed E-state index contributed by atoms with van der Waals surface area (Å²) in [5.74, 6) is 0.294. The summed E-state index contributed by atoms with van der Waals surface area (Å²) >= 11 is 5.98. The first-order chi connectivity index (χ1) is 9.29. The van der Waals surface area contributed by atoms with Gasteiger partial charge >= 0.3 is 10.1 Å². The van der Waals surface area contributed by atoms with Crippen LogP contribution in [0.15, 0.2) is 41.3 Å². The summed E-state index contributed by atoms with van der Waals surface area (Å²) in [6.45, 7) is 5.37. The Kier molecular flexibility index (Phi) is 4.06. The Morgan fingerprint density at radius 1 is 0.950 bits per heavy atom. The van der Waals surface area contributed by atoms with Crippen LogP contribution >= 0.6 is 11.6 Å². The van der Waals surface area contributed by atoms with Gasteiger partial charge in [0.15, 0.2) is 0 Å². The van der Waals surface area contributed by atoms with Gasteiger partial charge in [-0.1, -0.05) is 29.3 Å². The standard InChI is InChI=1S/C15H15ClO3S/c1-10-4-6-13(7-5-10)19-20(17,18)15-9-11(2)14(16)8-12(15)3/h4-9H,1-3H3. The van der Waals surface area contributed by atoms with Crippen LogP contribution in [0, 0.1) is 20.8 Å². The molecule has 0 N–H and O–H groups in total. The van der Waals surface area contributed by atoms with Crippen molar-refractivity contribution >= 4 is 21.7 Å². The second-order valence-corrected chi connectivity index (χ2v) is 6.64. The number of rotatable bonds is 3. The third-order valence-electron chi connectivity index (χ3n) is 2.95. The zero-order chi connectivity index (χ0) is 14.9. The Labute approximate surface area is 124 Å². The van der Waals surface area contributed by atoms with Gasteiger partial charge in [0.05, 0.1) is 0 Å². The molecular weight excluding hydrogens is 296 g/mol. The van der Waals surface area contributed by atoms with E-state index >= 15 is 0 Å². The molecule has 5 heteroatoms. The molecular formula is C15H15ClO3S. The quantitative estimate of drug-likeness (QED) is 0.804. The Balaban J connectivity index is 2.40. The van der Waals surface area contributed by atoms with Gasteiger partial charge in [-0.25, -0.2) is 0 Å². The highest BCUT2D eigenvalue weighted by molar-refractivity contribution is 7.87. The predicted octanol–water partition coefficient (Wildman–Crippen LogP) is 4.03. The van der Waals surface area contributed by atoms with Crippen LogP contribution in [0.2, 0.25) is 5.02 Å². The fourth-order valence-electron chi connectivity index (χ4n) is 1.79. The van der Waals surface area contributed by atoms with Crippen LogP contribution in [-0.2, 0) is 10.1 Å². The van der Waals surface area contributed by atoms with Gasteiger partial charge in [-0.2, -0.15) is 8.42 Å². The van der Waals surface area contributed by atoms with Gasteiger partial charge < -0.3 is 4.18 Å². The van der Waals surface area contributed by atoms with Crippen molar-refractivity contribution < 1.29 is 12.6 Å². The highest BCUT2D eigenvalue weighted by Crippen LogP contribution is 2.26. The molecule has 0 aliphatic rings. The molecule has 0 aromatic heterocycles. The van der Waals surface area contributed by atoms with Crippen molar-refractivity contribution in [3.05, 3.63) is 58.1 Å². The average Bonchev–Trinajstić information content (AvgIpc) is 2.36. The van der Waals surface area contributed by atoms with E-state index in [2.05, 4.69) is 0 Å². The summed E-state index contributed by atoms with van der Waals surface area (Å²) in [6, 6.07) is 10.0. The van der Waals surface area contributed by atoms with E-state index in [0.717, 1.165) is 5.56 Å². The molecule has 3 nitrogen and oxygen atoms in total. The lowest BCUT2D eigenvalue weighted by atomic mass is 10.2. The fourth-order valence-corrected chi connectivity index (χ4v) is 3.24. The Morgan fingerprint density at radius 2 is 1.55 bits per heavy atom. The van der Waals surface area contributed by atoms with Crippen LogP contribution in [0.25, 0.3) is 0 Å². The number of halogens is 1. The molecule has 0 fully saturated rings. The van der Waals surface area contributed by atoms with E-state index in [-0.39, 0.29) is 4.90 Å². The van der Waals surface area contributed by atoms with Crippen molar-refractivity contribution in [1.82, 2.24) is 0 Å². The van der Waals surface area contributed by atoms with Crippen molar-refractivity contribution in [1.29, 1.82) is 0 Å². The lowest BCUT2D eigenvalue weighted by Crippen LogP contribution is -2.11. The van der Waals surface area contributed by atoms with Gasteiger partial charge in [0.2, 0.25) is 0 Å². The molecule has 0 bridgehead atoms. The van der Waals surface area contributed by atoms with Gasteiger partial charge in [-0.3, -0.25) is 0 Å². The molecule has 0 amide bonds. The van der Waals surface area contributed by atoms with E-state index in [9.17, 15) is 8.42 Å². The summed E-state index contributed by atoms with van der Waals surface area (Å²) in [7, 11) is -3.85. The molecule has 0 unspecified atom stereocenters. The predicted molar refractivity (Wildman–Crippen MR) is 79.9 cm³/mol. The normalized spacial score (nSPS) is 11.4. The topological polar surface area (TPSA) is 43.4 Å². The molecule has 2 aromatic rings. The van der Waals surface area contributed by atoms with E-state index in [1.54, 1.807) is 44.2 Å². The van der Waals surface area contributed by atoms with Gasteiger partial charge in [0, 0.05) is 5.02 Å². The molecule has 0 saturated heterocycles. The highest BCUT2D eigenvalue weighted by atomic mass is 35.5. The Morgan fingerprint density at radius 3 is 2.15 bits per heavy atom. The summed E-state index contributed by atoms with van der Waals surface area (Å²) < 4.78 is 29.8. The fraction of sp³-hybridized carbons (Fsp3) is 0.200. The molecule has 0 saturated carbocycles. The van der Waals surface area contributed by atoms with Crippen LogP contribution < -0.4 is 4.18 Å². The van der Waals surface area contributed by atoms with Gasteiger partial charge in [0.1, 0.15) is 10.6 Å². The second-order valence-electron chi connectivity index (χ2n) is 4.72. The number of hydrogen-bond donors (Lipinski definition) is 0. The summed E-state index contributed by atoms with van der Waals surface area (Å²) in [6.07, 6.45) is 0. The van der Waals surface area contributed by atoms with E-state index in [0.29, 0.717) is 21.9 Å². The molecule has 0 aliphatic heterocycles. The molecule has 2 aromatic carbocycles. The first kappa shape index (κ1) is 14.9. The number of benzene rings is 2. The lowest BCUT2D eigenvalue weighted by Gasteiger charge is -2.11. The summed E-state index contributed by atoms with van der Waals surface area (Å²) in [5, 5.41) is 0.539. The maximum absolute atomic E-state index is 12.3. The van der Waals surface area contributed by atoms with Crippen LogP contribution in [-0.4, -0.2) is 8.42 Å². The van der Waals surface area contributed by atoms with Crippen LogP contribution in [0.5, 0.6) is 5.75 Å². The lowest BCUT2D eigenvalue weighted by molar-refractivity contribution is 0.485. The maximum atomic E-state index is 12.3. The zero-order valence-electron chi connectivity index (χ0n) is 11.5. The maximum Gasteiger partial charge on any atom is 0.339 e. The molecule has 106 valence electrons. The van der Waals surface area contributed by atoms with Crippen LogP contribution in [0.3, 0.4) is 0 Å². The smallest absolute Gasteiger partial charge is 0.339 e. The molecule has 0 aliphatic carbocycles. The SMILES string of the molecule is Cc1ccc(OS(=O)(=O)c2cc(C)c(Cl)cc2C)cc1. The van der Waals surface area contributed by atoms with E-state index in [4.69, 9.17) is 15.8 Å². The van der Waals surface area contributed by atoms with E-state index in [1.807, 2.05) is 6.92 Å². The first-order valence-corrected chi connectivity index (χ1v) is 7.86. The van der Waals surface area contributed by atoms with Crippen molar-refractivity contribution in [3.8, 4) is 5.75 Å². The Hall–Kier alpha value is -1.52. The van der Waals surface area contributed by atoms with Crippen molar-refractivity contribution in [2.75, 3.05) is 0 Å². The highest BCUT2D eigenvalue weighted by Gasteiger charge is 2.20. The number of aryl methyl sites for hydroxylation is 3. The molecule has 0 heterocycles. The minimum Gasteiger partial charge on any atom is -0.379 e. The Bertz CT molecular complexity index is 734. The number of hydrogen-bond acceptors (Lipinski definition) is 3. The largest absolute Gasteiger partial charge is 0.379 e. The van der Waals surface area contributed by atoms with Crippen molar-refractivity contribution in [2.24, 2.45) is 0 Å². The minimum absolute atomic E-state index is 0.139. The van der Waals surface area contributed by atoms with Crippen LogP contribution in [0.1, 0.15) is 16.7 Å². The average molecular weight is 311 g/mol. The first-order valence-electron chi connectivity index (χ1n) is 6.07. The molecule has 2 rings (SSSR count). The molecule has 20 heavy (non-hydrogen) atoms. The van der Waals surface area contributed by atoms with Crippen molar-refractivity contribution in [2.45, 2.75) is 25.7 Å². The third kappa shape index (κ3) is 3.14. The van der Waals surface area contributed by atoms with Crippen LogP contribution in [0.4, 0.5) is 0 Å². The van der Waals surface area contributed by atoms with Gasteiger partial charge in [-0.05, 0) is 56.2 Å².